The molecule has 2 aliphatic rings. The zero-order valence-corrected chi connectivity index (χ0v) is 39.9. The van der Waals surface area contributed by atoms with Gasteiger partial charge in [-0.25, -0.2) is 14.6 Å². The Morgan fingerprint density at radius 1 is 1.00 bits per heavy atom. The van der Waals surface area contributed by atoms with Gasteiger partial charge in [-0.1, -0.05) is 100 Å². The molecule has 1 aromatic heterocycles. The number of ether oxygens (including phenoxy) is 5. The Balaban J connectivity index is 2.15. The fourth-order valence-corrected chi connectivity index (χ4v) is 8.24. The number of rotatable bonds is 10. The highest BCUT2D eigenvalue weighted by atomic mass is 32.1. The summed E-state index contributed by atoms with van der Waals surface area (Å²) in [5.74, 6) is -1.62. The molecule has 0 saturated carbocycles. The smallest absolute Gasteiger partial charge is 0.407 e. The molecule has 7 N–H and O–H groups in total. The molecule has 0 bridgehead atoms. The number of nitrogens with zero attached hydrogens (tertiary/aromatic N) is 1. The first-order valence-electron chi connectivity index (χ1n) is 21.8. The first kappa shape index (κ1) is 54.5. The fourth-order valence-electron chi connectivity index (χ4n) is 7.35. The molecule has 0 aliphatic carbocycles. The number of esters is 1. The second-order valence-corrected chi connectivity index (χ2v) is 18.2. The van der Waals surface area contributed by atoms with E-state index < -0.39 is 85.8 Å². The van der Waals surface area contributed by atoms with Crippen molar-refractivity contribution in [2.24, 2.45) is 23.7 Å². The number of cyclic esters (lactones) is 1. The van der Waals surface area contributed by atoms with Crippen molar-refractivity contribution >= 4 is 23.4 Å². The van der Waals surface area contributed by atoms with E-state index in [0.717, 1.165) is 16.7 Å². The number of methoxy groups -OCH3 is 1. The van der Waals surface area contributed by atoms with Gasteiger partial charge in [0.15, 0.2) is 18.5 Å². The van der Waals surface area contributed by atoms with Crippen LogP contribution in [0.15, 0.2) is 87.9 Å². The van der Waals surface area contributed by atoms with E-state index in [0.29, 0.717) is 28.3 Å². The molecule has 0 unspecified atom stereocenters. The lowest BCUT2D eigenvalue weighted by Crippen LogP contribution is -2.59. The van der Waals surface area contributed by atoms with Gasteiger partial charge >= 0.3 is 12.1 Å². The summed E-state index contributed by atoms with van der Waals surface area (Å²) in [7, 11) is 3.07. The maximum absolute atomic E-state index is 13.9. The van der Waals surface area contributed by atoms with Crippen molar-refractivity contribution in [3.8, 4) is 0 Å². The molecule has 16 heteroatoms. The molecule has 0 spiro atoms. The maximum atomic E-state index is 13.9. The van der Waals surface area contributed by atoms with Gasteiger partial charge in [-0.2, -0.15) is 0 Å². The van der Waals surface area contributed by atoms with Crippen LogP contribution in [0.2, 0.25) is 0 Å². The predicted molar refractivity (Wildman–Crippen MR) is 245 cm³/mol. The molecule has 3 heterocycles. The highest BCUT2D eigenvalue weighted by molar-refractivity contribution is 7.09. The van der Waals surface area contributed by atoms with Crippen molar-refractivity contribution in [3.63, 3.8) is 0 Å². The van der Waals surface area contributed by atoms with E-state index in [4.69, 9.17) is 28.7 Å². The van der Waals surface area contributed by atoms with E-state index in [1.807, 2.05) is 79.0 Å². The Morgan fingerprint density at radius 3 is 2.33 bits per heavy atom. The van der Waals surface area contributed by atoms with Crippen molar-refractivity contribution in [1.82, 2.24) is 10.3 Å². The second-order valence-electron chi connectivity index (χ2n) is 17.3. The number of alkyl carbamates (subject to hydrolysis) is 1. The molecule has 1 fully saturated rings. The van der Waals surface area contributed by atoms with Gasteiger partial charge in [0.2, 0.25) is 0 Å². The van der Waals surface area contributed by atoms with Crippen molar-refractivity contribution in [1.29, 1.82) is 0 Å². The first-order valence-corrected chi connectivity index (χ1v) is 22.7. The van der Waals surface area contributed by atoms with Crippen molar-refractivity contribution < 1.29 is 63.9 Å². The Morgan fingerprint density at radius 2 is 1.70 bits per heavy atom. The summed E-state index contributed by atoms with van der Waals surface area (Å²) in [5, 5.41) is 68.1. The molecule has 13 atom stereocenters. The molecule has 1 aromatic rings. The fraction of sp³-hybridized carbons (Fsp3) is 0.604. The van der Waals surface area contributed by atoms with Crippen LogP contribution in [0.5, 0.6) is 0 Å². The van der Waals surface area contributed by atoms with Crippen LogP contribution in [0.1, 0.15) is 98.1 Å². The maximum Gasteiger partial charge on any atom is 0.407 e. The molecular weight excluding hydrogens is 845 g/mol. The number of amides is 1. The third-order valence-electron chi connectivity index (χ3n) is 11.2. The van der Waals surface area contributed by atoms with Gasteiger partial charge in [-0.05, 0) is 57.6 Å². The van der Waals surface area contributed by atoms with E-state index in [9.17, 15) is 40.2 Å². The van der Waals surface area contributed by atoms with Crippen molar-refractivity contribution in [3.05, 3.63) is 98.6 Å². The Hall–Kier alpha value is -3.81. The molecule has 358 valence electrons. The third-order valence-corrected chi connectivity index (χ3v) is 12.2. The number of aliphatic hydroxyl groups is 6. The molecule has 0 aromatic carbocycles. The standard InChI is InChI=1S/C48H72N2O13S/c1-26(2)19-38(62-48(58)49-10)45-50-35(25-64-45)44-30(6)14-12-13-29(5)43(59-11)33(9)36(53)18-16-27(3)20-34(23-51)22-32(8)37(21-28(4)15-17-31(7)46(57)63-44)60-47-42(56)41(55)40(54)39(24-52)61-47/h12-14,16-18,20-22,25-26,30,32-33,36-44,47,51-56H,15,19,23-24H2,1-11H3,(H,49,58)/b14-12+,18-16+,27-20-,28-21+,29-13+,31-17+,34-22+/t30-,32-,33-,36+,37+,38-,39+,40+,41-,42+,43+,44-,47+/m0/s1. The summed E-state index contributed by atoms with van der Waals surface area (Å²) in [6, 6.07) is 0. The average molecular weight is 917 g/mol. The van der Waals surface area contributed by atoms with Crippen LogP contribution in [0.3, 0.4) is 0 Å². The first-order chi connectivity index (χ1) is 30.2. The van der Waals surface area contributed by atoms with Crippen LogP contribution in [0, 0.1) is 23.7 Å². The highest BCUT2D eigenvalue weighted by Crippen LogP contribution is 2.35. The molecule has 1 saturated heterocycles. The summed E-state index contributed by atoms with van der Waals surface area (Å²) in [4.78, 5) is 31.0. The summed E-state index contributed by atoms with van der Waals surface area (Å²) >= 11 is 1.32. The molecule has 15 nitrogen and oxygen atoms in total. The summed E-state index contributed by atoms with van der Waals surface area (Å²) in [6.45, 7) is 15.9. The normalized spacial score (nSPS) is 36.5. The SMILES string of the molecule is CNC(=O)O[C@@H](CC(C)C)c1nc([C@H]2OC(=O)/C(C)=C/C/C(C)=C/[C@@H](O[C@@H]3O[C@H](CO)[C@@H](O)[C@H](O)[C@H]3O)[C@@H](C)\C=C(CO)/C=C(C)\C=C\[C@@H](O)[C@H](C)[C@H](OC)/C(C)=C/C=C/[C@@H]2C)cs1. The number of aliphatic hydroxyl groups excluding tert-OH is 6. The molecule has 0 radical (unpaired) electrons. The number of hydrogen-bond acceptors (Lipinski definition) is 15. The number of carbonyl (C=O) groups excluding carboxylic acids is 2. The molecule has 1 amide bonds. The van der Waals surface area contributed by atoms with Gasteiger partial charge in [0.1, 0.15) is 29.4 Å². The van der Waals surface area contributed by atoms with E-state index in [1.54, 1.807) is 50.5 Å². The Bertz CT molecular complexity index is 1880. The van der Waals surface area contributed by atoms with Crippen LogP contribution in [-0.2, 0) is 28.5 Å². The largest absolute Gasteiger partial charge is 0.452 e. The van der Waals surface area contributed by atoms with E-state index in [-0.39, 0.29) is 30.8 Å². The number of allylic oxidation sites excluding steroid dienone is 6. The number of aromatic nitrogens is 1. The van der Waals surface area contributed by atoms with Gasteiger partial charge in [0.05, 0.1) is 37.2 Å². The van der Waals surface area contributed by atoms with Gasteiger partial charge in [0.25, 0.3) is 0 Å². The quantitative estimate of drug-likeness (QED) is 0.108. The van der Waals surface area contributed by atoms with Crippen LogP contribution in [0.4, 0.5) is 4.79 Å². The number of nitrogens with one attached hydrogen (secondary N) is 1. The highest BCUT2D eigenvalue weighted by Gasteiger charge is 2.45. The monoisotopic (exact) mass is 916 g/mol. The topological polar surface area (TPSA) is 227 Å². The predicted octanol–water partition coefficient (Wildman–Crippen LogP) is 5.86. The molecule has 2 aliphatic heterocycles. The Kier molecular flexibility index (Phi) is 22.5. The van der Waals surface area contributed by atoms with Gasteiger partial charge in [-0.15, -0.1) is 11.3 Å². The van der Waals surface area contributed by atoms with Gasteiger partial charge in [-0.3, -0.25) is 0 Å². The summed E-state index contributed by atoms with van der Waals surface area (Å²) in [5.41, 5.74) is 3.69. The average Bonchev–Trinajstić information content (AvgIpc) is 3.75. The van der Waals surface area contributed by atoms with Gasteiger partial charge < -0.3 is 59.6 Å². The number of hydrogen-bond donors (Lipinski definition) is 7. The van der Waals surface area contributed by atoms with Crippen molar-refractivity contribution in [2.75, 3.05) is 27.4 Å². The lowest BCUT2D eigenvalue weighted by molar-refractivity contribution is -0.309. The zero-order chi connectivity index (χ0) is 47.8. The lowest BCUT2D eigenvalue weighted by atomic mass is 9.91. The van der Waals surface area contributed by atoms with Crippen LogP contribution < -0.4 is 5.32 Å². The number of thiazole rings is 1. The molecule has 3 rings (SSSR count). The second kappa shape index (κ2) is 26.4. The van der Waals surface area contributed by atoms with Crippen molar-refractivity contribution in [2.45, 2.75) is 136 Å². The third kappa shape index (κ3) is 16.0. The molecular formula is C48H72N2O13S. The van der Waals surface area contributed by atoms with Crippen LogP contribution in [-0.4, -0.2) is 124 Å². The molecule has 64 heavy (non-hydrogen) atoms. The minimum Gasteiger partial charge on any atom is -0.452 e. The Labute approximate surface area is 382 Å². The van der Waals surface area contributed by atoms with Crippen LogP contribution in [0.25, 0.3) is 0 Å². The van der Waals surface area contributed by atoms with E-state index in [2.05, 4.69) is 5.32 Å². The summed E-state index contributed by atoms with van der Waals surface area (Å²) in [6.07, 6.45) is 5.24. The van der Waals surface area contributed by atoms with Gasteiger partial charge in [0, 0.05) is 42.9 Å². The lowest BCUT2D eigenvalue weighted by Gasteiger charge is -2.41. The number of carbonyl (C=O) groups is 2. The zero-order valence-electron chi connectivity index (χ0n) is 39.1. The summed E-state index contributed by atoms with van der Waals surface area (Å²) < 4.78 is 29.7. The minimum absolute atomic E-state index is 0.193. The van der Waals surface area contributed by atoms with Crippen LogP contribution >= 0.6 is 11.3 Å². The van der Waals surface area contributed by atoms with E-state index in [1.165, 1.54) is 18.4 Å². The minimum atomic E-state index is -1.66. The van der Waals surface area contributed by atoms with E-state index >= 15 is 0 Å².